The highest BCUT2D eigenvalue weighted by molar-refractivity contribution is 6.32. The molecule has 1 N–H and O–H groups in total. The van der Waals surface area contributed by atoms with Gasteiger partial charge < -0.3 is 10.1 Å². The number of nitrogens with zero attached hydrogens (tertiary/aromatic N) is 1. The third kappa shape index (κ3) is 3.71. The summed E-state index contributed by atoms with van der Waals surface area (Å²) in [5, 5.41) is 3.25. The molecule has 0 saturated carbocycles. The molecule has 0 radical (unpaired) electrons. The molecule has 104 valence electrons. The van der Waals surface area contributed by atoms with Gasteiger partial charge in [-0.15, -0.1) is 0 Å². The number of carbonyl (C=O) groups excluding carboxylic acids is 1. The van der Waals surface area contributed by atoms with Crippen LogP contribution in [0, 0.1) is 0 Å². The zero-order valence-corrected chi connectivity index (χ0v) is 11.9. The Morgan fingerprint density at radius 1 is 1.40 bits per heavy atom. The van der Waals surface area contributed by atoms with Crippen LogP contribution >= 0.6 is 11.6 Å². The van der Waals surface area contributed by atoms with Gasteiger partial charge >= 0.3 is 0 Å². The number of nitrogens with one attached hydrogen (secondary N) is 1. The second-order valence-electron chi connectivity index (χ2n) is 4.12. The van der Waals surface area contributed by atoms with Gasteiger partial charge in [0, 0.05) is 24.5 Å². The maximum absolute atomic E-state index is 12.0. The van der Waals surface area contributed by atoms with Crippen molar-refractivity contribution in [3.8, 4) is 5.75 Å². The van der Waals surface area contributed by atoms with Crippen molar-refractivity contribution in [3.05, 3.63) is 58.9 Å². The van der Waals surface area contributed by atoms with E-state index in [9.17, 15) is 4.79 Å². The predicted octanol–water partition coefficient (Wildman–Crippen LogP) is 3.06. The smallest absolute Gasteiger partial charge is 0.251 e. The van der Waals surface area contributed by atoms with Gasteiger partial charge in [-0.1, -0.05) is 17.7 Å². The fraction of sp³-hybridized carbons (Fsp3) is 0.200. The molecule has 1 aromatic carbocycles. The lowest BCUT2D eigenvalue weighted by molar-refractivity contribution is 0.0951. The van der Waals surface area contributed by atoms with E-state index in [1.807, 2.05) is 19.1 Å². The van der Waals surface area contributed by atoms with Crippen LogP contribution < -0.4 is 10.1 Å². The largest absolute Gasteiger partial charge is 0.492 e. The van der Waals surface area contributed by atoms with Crippen molar-refractivity contribution < 1.29 is 9.53 Å². The monoisotopic (exact) mass is 290 g/mol. The fourth-order valence-electron chi connectivity index (χ4n) is 1.70. The first kappa shape index (κ1) is 14.3. The highest BCUT2D eigenvalue weighted by Gasteiger charge is 2.09. The quantitative estimate of drug-likeness (QED) is 0.921. The van der Waals surface area contributed by atoms with E-state index in [-0.39, 0.29) is 5.91 Å². The zero-order chi connectivity index (χ0) is 14.4. The molecule has 0 fully saturated rings. The molecule has 4 nitrogen and oxygen atoms in total. The number of carbonyl (C=O) groups is 1. The second kappa shape index (κ2) is 6.91. The molecule has 1 aromatic heterocycles. The first-order valence-corrected chi connectivity index (χ1v) is 6.68. The van der Waals surface area contributed by atoms with Gasteiger partial charge in [-0.25, -0.2) is 0 Å². The van der Waals surface area contributed by atoms with Gasteiger partial charge in [0.15, 0.2) is 0 Å². The Balaban J connectivity index is 2.00. The molecule has 2 aromatic rings. The van der Waals surface area contributed by atoms with Crippen LogP contribution in [0.4, 0.5) is 0 Å². The normalized spacial score (nSPS) is 10.1. The Morgan fingerprint density at radius 2 is 2.25 bits per heavy atom. The summed E-state index contributed by atoms with van der Waals surface area (Å²) in [5.74, 6) is 0.400. The zero-order valence-electron chi connectivity index (χ0n) is 11.1. The maximum atomic E-state index is 12.0. The molecular weight excluding hydrogens is 276 g/mol. The Bertz CT molecular complexity index is 588. The van der Waals surface area contributed by atoms with Gasteiger partial charge in [0.05, 0.1) is 11.6 Å². The Kier molecular flexibility index (Phi) is 4.96. The molecule has 0 aliphatic carbocycles. The number of ether oxygens (including phenoxy) is 1. The number of pyridine rings is 1. The van der Waals surface area contributed by atoms with Gasteiger partial charge in [0.1, 0.15) is 5.75 Å². The minimum Gasteiger partial charge on any atom is -0.492 e. The van der Waals surface area contributed by atoms with Gasteiger partial charge in [0.25, 0.3) is 5.91 Å². The number of aromatic nitrogens is 1. The van der Waals surface area contributed by atoms with Crippen molar-refractivity contribution in [1.29, 1.82) is 0 Å². The molecule has 0 unspecified atom stereocenters. The fourth-order valence-corrected chi connectivity index (χ4v) is 1.94. The molecule has 0 spiro atoms. The summed E-state index contributed by atoms with van der Waals surface area (Å²) in [6.45, 7) is 2.84. The van der Waals surface area contributed by atoms with E-state index in [2.05, 4.69) is 10.3 Å². The number of halogens is 1. The summed E-state index contributed by atoms with van der Waals surface area (Å²) in [6, 6.07) is 8.72. The summed E-state index contributed by atoms with van der Waals surface area (Å²) >= 11 is 6.05. The van der Waals surface area contributed by atoms with E-state index in [1.165, 1.54) is 0 Å². The van der Waals surface area contributed by atoms with Crippen LogP contribution in [-0.4, -0.2) is 17.5 Å². The summed E-state index contributed by atoms with van der Waals surface area (Å²) in [6.07, 6.45) is 3.41. The first-order chi connectivity index (χ1) is 9.70. The van der Waals surface area contributed by atoms with E-state index >= 15 is 0 Å². The van der Waals surface area contributed by atoms with Crippen LogP contribution in [0.5, 0.6) is 5.75 Å². The third-order valence-electron chi connectivity index (χ3n) is 2.67. The van der Waals surface area contributed by atoms with Crippen LogP contribution in [0.15, 0.2) is 42.7 Å². The Labute approximate surface area is 122 Å². The Morgan fingerprint density at radius 3 is 2.90 bits per heavy atom. The van der Waals surface area contributed by atoms with E-state index in [1.54, 1.807) is 30.6 Å². The number of amides is 1. The van der Waals surface area contributed by atoms with Crippen LogP contribution in [-0.2, 0) is 6.54 Å². The summed E-state index contributed by atoms with van der Waals surface area (Å²) < 4.78 is 5.33. The van der Waals surface area contributed by atoms with Crippen molar-refractivity contribution in [1.82, 2.24) is 10.3 Å². The first-order valence-electron chi connectivity index (χ1n) is 6.30. The van der Waals surface area contributed by atoms with Gasteiger partial charge in [-0.3, -0.25) is 9.78 Å². The number of hydrogen-bond donors (Lipinski definition) is 1. The highest BCUT2D eigenvalue weighted by atomic mass is 35.5. The number of rotatable bonds is 5. The molecule has 0 saturated heterocycles. The third-order valence-corrected chi connectivity index (χ3v) is 2.97. The number of benzene rings is 1. The molecule has 0 atom stereocenters. The minimum atomic E-state index is -0.182. The summed E-state index contributed by atoms with van der Waals surface area (Å²) in [4.78, 5) is 16.0. The molecule has 1 amide bonds. The maximum Gasteiger partial charge on any atom is 0.251 e. The molecule has 20 heavy (non-hydrogen) atoms. The van der Waals surface area contributed by atoms with Crippen molar-refractivity contribution in [2.24, 2.45) is 0 Å². The van der Waals surface area contributed by atoms with E-state index < -0.39 is 0 Å². The lowest BCUT2D eigenvalue weighted by Crippen LogP contribution is -2.22. The predicted molar refractivity (Wildman–Crippen MR) is 78.0 cm³/mol. The van der Waals surface area contributed by atoms with E-state index in [0.29, 0.717) is 29.5 Å². The van der Waals surface area contributed by atoms with Crippen molar-refractivity contribution in [2.75, 3.05) is 6.61 Å². The van der Waals surface area contributed by atoms with Crippen molar-refractivity contribution >= 4 is 17.5 Å². The SMILES string of the molecule is CCOc1ccc(C(=O)NCc2cccnc2)cc1Cl. The van der Waals surface area contributed by atoms with E-state index in [4.69, 9.17) is 16.3 Å². The van der Waals surface area contributed by atoms with Crippen molar-refractivity contribution in [2.45, 2.75) is 13.5 Å². The molecular formula is C15H15ClN2O2. The molecule has 0 aliphatic heterocycles. The lowest BCUT2D eigenvalue weighted by Gasteiger charge is -2.08. The van der Waals surface area contributed by atoms with E-state index in [0.717, 1.165) is 5.56 Å². The molecule has 2 rings (SSSR count). The average Bonchev–Trinajstić information content (AvgIpc) is 2.48. The molecule has 0 aliphatic rings. The minimum absolute atomic E-state index is 0.182. The van der Waals surface area contributed by atoms with Crippen LogP contribution in [0.3, 0.4) is 0 Å². The molecule has 1 heterocycles. The van der Waals surface area contributed by atoms with Crippen molar-refractivity contribution in [3.63, 3.8) is 0 Å². The topological polar surface area (TPSA) is 51.2 Å². The van der Waals surface area contributed by atoms with Crippen LogP contribution in [0.25, 0.3) is 0 Å². The molecule has 5 heteroatoms. The average molecular weight is 291 g/mol. The van der Waals surface area contributed by atoms with Gasteiger partial charge in [-0.05, 0) is 36.8 Å². The van der Waals surface area contributed by atoms with Crippen LogP contribution in [0.1, 0.15) is 22.8 Å². The molecule has 0 bridgehead atoms. The summed E-state index contributed by atoms with van der Waals surface area (Å²) in [7, 11) is 0. The Hall–Kier alpha value is -2.07. The highest BCUT2D eigenvalue weighted by Crippen LogP contribution is 2.25. The number of hydrogen-bond acceptors (Lipinski definition) is 3. The standard InChI is InChI=1S/C15H15ClN2O2/c1-2-20-14-6-5-12(8-13(14)16)15(19)18-10-11-4-3-7-17-9-11/h3-9H,2,10H2,1H3,(H,18,19). The lowest BCUT2D eigenvalue weighted by atomic mass is 10.2. The van der Waals surface area contributed by atoms with Crippen LogP contribution in [0.2, 0.25) is 5.02 Å². The summed E-state index contributed by atoms with van der Waals surface area (Å²) in [5.41, 5.74) is 1.44. The second-order valence-corrected chi connectivity index (χ2v) is 4.53. The van der Waals surface area contributed by atoms with Gasteiger partial charge in [0.2, 0.25) is 0 Å². The van der Waals surface area contributed by atoms with Gasteiger partial charge in [-0.2, -0.15) is 0 Å².